The Morgan fingerprint density at radius 1 is 1.11 bits per heavy atom. The Morgan fingerprint density at radius 2 is 1.58 bits per heavy atom. The smallest absolute Gasteiger partial charge is 0.197 e. The van der Waals surface area contributed by atoms with Gasteiger partial charge < -0.3 is 0 Å². The van der Waals surface area contributed by atoms with E-state index in [0.29, 0.717) is 18.8 Å². The molecule has 1 rings (SSSR count). The van der Waals surface area contributed by atoms with E-state index >= 15 is 0 Å². The maximum Gasteiger partial charge on any atom is 0.389 e. The molecule has 0 N–H and O–H groups in total. The van der Waals surface area contributed by atoms with Crippen molar-refractivity contribution in [2.24, 2.45) is 23.2 Å². The molecule has 0 amide bonds. The molecule has 106 valence electrons. The molecule has 1 fully saturated rings. The molecule has 0 aromatic heterocycles. The van der Waals surface area contributed by atoms with Gasteiger partial charge in [0.2, 0.25) is 0 Å². The summed E-state index contributed by atoms with van der Waals surface area (Å²) < 4.78 is 37.6. The zero-order chi connectivity index (χ0) is 14.7. The van der Waals surface area contributed by atoms with E-state index < -0.39 is 23.9 Å². The van der Waals surface area contributed by atoms with Gasteiger partial charge in [0.05, 0.1) is 12.1 Å². The molecule has 1 atom stereocenters. The van der Waals surface area contributed by atoms with Crippen LogP contribution in [0, 0.1) is 45.8 Å². The summed E-state index contributed by atoms with van der Waals surface area (Å²) in [4.78, 5) is 0. The number of halogens is 3. The topological polar surface area (TPSA) is 47.6 Å². The van der Waals surface area contributed by atoms with E-state index in [-0.39, 0.29) is 5.92 Å². The molecular formula is C14H19F3N2. The van der Waals surface area contributed by atoms with E-state index in [1.807, 2.05) is 12.1 Å². The first-order chi connectivity index (χ1) is 8.75. The van der Waals surface area contributed by atoms with E-state index in [9.17, 15) is 23.7 Å². The molecule has 2 nitrogen and oxygen atoms in total. The molecule has 1 saturated carbocycles. The van der Waals surface area contributed by atoms with Crippen LogP contribution in [0.2, 0.25) is 0 Å². The van der Waals surface area contributed by atoms with Crippen LogP contribution in [0.25, 0.3) is 0 Å². The monoisotopic (exact) mass is 272 g/mol. The minimum absolute atomic E-state index is 0.240. The van der Waals surface area contributed by atoms with Crippen molar-refractivity contribution in [2.75, 3.05) is 0 Å². The normalized spacial score (nSPS) is 26.3. The van der Waals surface area contributed by atoms with Crippen LogP contribution < -0.4 is 0 Å². The number of hydrogen-bond donors (Lipinski definition) is 0. The van der Waals surface area contributed by atoms with Gasteiger partial charge in [0.25, 0.3) is 0 Å². The van der Waals surface area contributed by atoms with Crippen LogP contribution in [0.5, 0.6) is 0 Å². The standard InChI is InChI=1S/C14H19F3N2/c1-10-3-5-12(6-4-10)13(8-18,9-19)11(2)7-14(15,16)17/h10-12H,3-7H2,1-2H3. The lowest BCUT2D eigenvalue weighted by Gasteiger charge is -2.38. The fraction of sp³-hybridized carbons (Fsp3) is 0.857. The van der Waals surface area contributed by atoms with Gasteiger partial charge in [-0.15, -0.1) is 0 Å². The van der Waals surface area contributed by atoms with Crippen LogP contribution in [-0.2, 0) is 0 Å². The second kappa shape index (κ2) is 5.82. The lowest BCUT2D eigenvalue weighted by atomic mass is 9.62. The average molecular weight is 272 g/mol. The Balaban J connectivity index is 2.92. The predicted octanol–water partition coefficient (Wildman–Crippen LogP) is 4.43. The van der Waals surface area contributed by atoms with Crippen molar-refractivity contribution in [3.8, 4) is 12.1 Å². The van der Waals surface area contributed by atoms with E-state index in [1.54, 1.807) is 0 Å². The highest BCUT2D eigenvalue weighted by Gasteiger charge is 2.48. The summed E-state index contributed by atoms with van der Waals surface area (Å²) in [6, 6.07) is 3.82. The van der Waals surface area contributed by atoms with Gasteiger partial charge in [0.15, 0.2) is 0 Å². The second-order valence-electron chi connectivity index (χ2n) is 5.77. The third kappa shape index (κ3) is 3.62. The summed E-state index contributed by atoms with van der Waals surface area (Å²) in [6.07, 6.45) is -2.29. The van der Waals surface area contributed by atoms with Crippen LogP contribution in [0.3, 0.4) is 0 Å². The maximum atomic E-state index is 12.5. The molecule has 19 heavy (non-hydrogen) atoms. The number of alkyl halides is 3. The van der Waals surface area contributed by atoms with Gasteiger partial charge >= 0.3 is 6.18 Å². The molecule has 0 saturated heterocycles. The van der Waals surface area contributed by atoms with Crippen molar-refractivity contribution < 1.29 is 13.2 Å². The Kier molecular flexibility index (Phi) is 4.85. The van der Waals surface area contributed by atoms with Crippen LogP contribution in [0.1, 0.15) is 46.0 Å². The molecular weight excluding hydrogens is 253 g/mol. The van der Waals surface area contributed by atoms with Gasteiger partial charge in [-0.2, -0.15) is 23.7 Å². The minimum Gasteiger partial charge on any atom is -0.197 e. The molecule has 1 unspecified atom stereocenters. The number of nitrogens with zero attached hydrogens (tertiary/aromatic N) is 2. The molecule has 0 bridgehead atoms. The van der Waals surface area contributed by atoms with E-state index in [2.05, 4.69) is 6.92 Å². The quantitative estimate of drug-likeness (QED) is 0.762. The fourth-order valence-electron chi connectivity index (χ4n) is 3.05. The van der Waals surface area contributed by atoms with Crippen molar-refractivity contribution in [2.45, 2.75) is 52.1 Å². The number of rotatable bonds is 3. The molecule has 0 heterocycles. The highest BCUT2D eigenvalue weighted by Crippen LogP contribution is 2.47. The van der Waals surface area contributed by atoms with Crippen molar-refractivity contribution in [1.29, 1.82) is 10.5 Å². The van der Waals surface area contributed by atoms with Crippen LogP contribution in [0.15, 0.2) is 0 Å². The molecule has 5 heteroatoms. The van der Waals surface area contributed by atoms with Crippen molar-refractivity contribution >= 4 is 0 Å². The molecule has 0 aromatic rings. The lowest BCUT2D eigenvalue weighted by Crippen LogP contribution is -2.38. The average Bonchev–Trinajstić information content (AvgIpc) is 2.31. The highest BCUT2D eigenvalue weighted by atomic mass is 19.4. The first-order valence-electron chi connectivity index (χ1n) is 6.64. The van der Waals surface area contributed by atoms with Crippen molar-refractivity contribution in [1.82, 2.24) is 0 Å². The molecule has 0 spiro atoms. The largest absolute Gasteiger partial charge is 0.389 e. The van der Waals surface area contributed by atoms with Crippen LogP contribution >= 0.6 is 0 Å². The summed E-state index contributed by atoms with van der Waals surface area (Å²) in [5.74, 6) is -0.693. The molecule has 1 aliphatic carbocycles. The van der Waals surface area contributed by atoms with Gasteiger partial charge in [-0.1, -0.05) is 26.7 Å². The molecule has 0 aliphatic heterocycles. The second-order valence-corrected chi connectivity index (χ2v) is 5.77. The van der Waals surface area contributed by atoms with Crippen LogP contribution in [0.4, 0.5) is 13.2 Å². The first kappa shape index (κ1) is 15.8. The minimum atomic E-state index is -4.33. The summed E-state index contributed by atoms with van der Waals surface area (Å²) in [5.41, 5.74) is -1.50. The van der Waals surface area contributed by atoms with Gasteiger partial charge in [-0.3, -0.25) is 0 Å². The maximum absolute atomic E-state index is 12.5. The third-order valence-corrected chi connectivity index (χ3v) is 4.34. The first-order valence-corrected chi connectivity index (χ1v) is 6.64. The number of nitriles is 2. The summed E-state index contributed by atoms with van der Waals surface area (Å²) in [6.45, 7) is 3.47. The zero-order valence-electron chi connectivity index (χ0n) is 11.3. The van der Waals surface area contributed by atoms with Crippen molar-refractivity contribution in [3.05, 3.63) is 0 Å². The Labute approximate surface area is 112 Å². The van der Waals surface area contributed by atoms with Gasteiger partial charge in [0.1, 0.15) is 5.41 Å². The summed E-state index contributed by atoms with van der Waals surface area (Å²) in [5, 5.41) is 18.6. The predicted molar refractivity (Wildman–Crippen MR) is 64.6 cm³/mol. The fourth-order valence-corrected chi connectivity index (χ4v) is 3.05. The Hall–Kier alpha value is -1.23. The Morgan fingerprint density at radius 3 is 1.95 bits per heavy atom. The van der Waals surface area contributed by atoms with Crippen LogP contribution in [-0.4, -0.2) is 6.18 Å². The van der Waals surface area contributed by atoms with Gasteiger partial charge in [0, 0.05) is 6.42 Å². The molecule has 0 radical (unpaired) electrons. The zero-order valence-corrected chi connectivity index (χ0v) is 11.3. The summed E-state index contributed by atoms with van der Waals surface area (Å²) >= 11 is 0. The lowest BCUT2D eigenvalue weighted by molar-refractivity contribution is -0.150. The summed E-state index contributed by atoms with van der Waals surface area (Å²) in [7, 11) is 0. The van der Waals surface area contributed by atoms with Gasteiger partial charge in [-0.25, -0.2) is 0 Å². The molecule has 0 aromatic carbocycles. The van der Waals surface area contributed by atoms with E-state index in [1.165, 1.54) is 6.92 Å². The SMILES string of the molecule is CC1CCC(C(C#N)(C#N)C(C)CC(F)(F)F)CC1. The molecule has 1 aliphatic rings. The van der Waals surface area contributed by atoms with E-state index in [0.717, 1.165) is 12.8 Å². The Bertz CT molecular complexity index is 367. The third-order valence-electron chi connectivity index (χ3n) is 4.34. The van der Waals surface area contributed by atoms with Gasteiger partial charge in [-0.05, 0) is 30.6 Å². The van der Waals surface area contributed by atoms with Crippen molar-refractivity contribution in [3.63, 3.8) is 0 Å². The number of hydrogen-bond acceptors (Lipinski definition) is 2. The highest BCUT2D eigenvalue weighted by molar-refractivity contribution is 5.19. The van der Waals surface area contributed by atoms with E-state index in [4.69, 9.17) is 0 Å².